The molecule has 1 fully saturated rings. The van der Waals surface area contributed by atoms with Crippen molar-refractivity contribution in [2.45, 2.75) is 12.8 Å². The number of ether oxygens (including phenoxy) is 1. The molecule has 0 bridgehead atoms. The molecule has 0 amide bonds. The van der Waals surface area contributed by atoms with E-state index >= 15 is 0 Å². The minimum absolute atomic E-state index is 0.343. The standard InChI is InChI=1S/C7H16N2O3S/c1-12-7-4-8-13(10,11)9-5-2-3-6-9/h8H,2-7H2,1H3. The summed E-state index contributed by atoms with van der Waals surface area (Å²) in [5, 5.41) is 0. The zero-order chi connectivity index (χ0) is 9.73. The van der Waals surface area contributed by atoms with Gasteiger partial charge in [0.1, 0.15) is 0 Å². The van der Waals surface area contributed by atoms with E-state index in [0.717, 1.165) is 12.8 Å². The Balaban J connectivity index is 2.36. The van der Waals surface area contributed by atoms with Crippen molar-refractivity contribution in [3.63, 3.8) is 0 Å². The fourth-order valence-corrected chi connectivity index (χ4v) is 2.56. The molecule has 5 nitrogen and oxygen atoms in total. The maximum absolute atomic E-state index is 11.5. The molecule has 0 spiro atoms. The van der Waals surface area contributed by atoms with Crippen molar-refractivity contribution in [2.75, 3.05) is 33.4 Å². The molecule has 0 saturated carbocycles. The summed E-state index contributed by atoms with van der Waals surface area (Å²) in [6.07, 6.45) is 1.93. The highest BCUT2D eigenvalue weighted by molar-refractivity contribution is 7.87. The van der Waals surface area contributed by atoms with E-state index in [1.807, 2.05) is 0 Å². The molecule has 6 heteroatoms. The van der Waals surface area contributed by atoms with Crippen LogP contribution in [0.3, 0.4) is 0 Å². The molecule has 13 heavy (non-hydrogen) atoms. The first-order valence-electron chi connectivity index (χ1n) is 4.40. The highest BCUT2D eigenvalue weighted by atomic mass is 32.2. The average Bonchev–Trinajstić information content (AvgIpc) is 2.56. The zero-order valence-corrected chi connectivity index (χ0v) is 8.64. The normalized spacial score (nSPS) is 19.5. The van der Waals surface area contributed by atoms with Gasteiger partial charge in [-0.3, -0.25) is 0 Å². The van der Waals surface area contributed by atoms with Gasteiger partial charge in [0.05, 0.1) is 6.61 Å². The number of nitrogens with zero attached hydrogens (tertiary/aromatic N) is 1. The van der Waals surface area contributed by atoms with Gasteiger partial charge >= 0.3 is 0 Å². The van der Waals surface area contributed by atoms with Crippen LogP contribution < -0.4 is 4.72 Å². The van der Waals surface area contributed by atoms with Crippen LogP contribution in [0.15, 0.2) is 0 Å². The molecule has 0 aliphatic carbocycles. The molecule has 78 valence electrons. The predicted molar refractivity (Wildman–Crippen MR) is 49.6 cm³/mol. The van der Waals surface area contributed by atoms with Crippen LogP contribution in [0.2, 0.25) is 0 Å². The summed E-state index contributed by atoms with van der Waals surface area (Å²) in [6, 6.07) is 0. The summed E-state index contributed by atoms with van der Waals surface area (Å²) in [5.41, 5.74) is 0. The van der Waals surface area contributed by atoms with Gasteiger partial charge in [-0.1, -0.05) is 0 Å². The molecular weight excluding hydrogens is 192 g/mol. The van der Waals surface area contributed by atoms with Gasteiger partial charge in [-0.25, -0.2) is 0 Å². The maximum Gasteiger partial charge on any atom is 0.279 e. The Labute approximate surface area is 79.2 Å². The van der Waals surface area contributed by atoms with Crippen molar-refractivity contribution in [3.8, 4) is 0 Å². The molecule has 0 atom stereocenters. The predicted octanol–water partition coefficient (Wildman–Crippen LogP) is -0.437. The first-order valence-corrected chi connectivity index (χ1v) is 5.84. The van der Waals surface area contributed by atoms with Gasteiger partial charge in [0.2, 0.25) is 0 Å². The molecule has 0 aromatic rings. The van der Waals surface area contributed by atoms with Crippen LogP contribution >= 0.6 is 0 Å². The Hall–Kier alpha value is -0.170. The molecule has 1 rings (SSSR count). The van der Waals surface area contributed by atoms with Gasteiger partial charge in [-0.15, -0.1) is 0 Å². The molecule has 0 aromatic heterocycles. The lowest BCUT2D eigenvalue weighted by atomic mass is 10.4. The van der Waals surface area contributed by atoms with Crippen LogP contribution in [0.25, 0.3) is 0 Å². The van der Waals surface area contributed by atoms with Crippen molar-refractivity contribution in [3.05, 3.63) is 0 Å². The van der Waals surface area contributed by atoms with Gasteiger partial charge in [0.15, 0.2) is 0 Å². The molecule has 1 aliphatic heterocycles. The highest BCUT2D eigenvalue weighted by Gasteiger charge is 2.24. The van der Waals surface area contributed by atoms with Gasteiger partial charge in [-0.05, 0) is 12.8 Å². The van der Waals surface area contributed by atoms with Crippen molar-refractivity contribution in [1.82, 2.24) is 9.03 Å². The molecule has 1 aliphatic rings. The maximum atomic E-state index is 11.5. The van der Waals surface area contributed by atoms with Gasteiger partial charge in [-0.2, -0.15) is 17.4 Å². The molecule has 1 heterocycles. The van der Waals surface area contributed by atoms with E-state index in [9.17, 15) is 8.42 Å². The number of nitrogens with one attached hydrogen (secondary N) is 1. The fourth-order valence-electron chi connectivity index (χ4n) is 1.29. The summed E-state index contributed by atoms with van der Waals surface area (Å²) in [5.74, 6) is 0. The number of hydrogen-bond donors (Lipinski definition) is 1. The third kappa shape index (κ3) is 3.22. The van der Waals surface area contributed by atoms with Crippen molar-refractivity contribution in [1.29, 1.82) is 0 Å². The van der Waals surface area contributed by atoms with Crippen LogP contribution in [0.5, 0.6) is 0 Å². The number of methoxy groups -OCH3 is 1. The van der Waals surface area contributed by atoms with Crippen LogP contribution in [-0.2, 0) is 14.9 Å². The van der Waals surface area contributed by atoms with E-state index in [1.165, 1.54) is 4.31 Å². The average molecular weight is 208 g/mol. The molecule has 1 N–H and O–H groups in total. The largest absolute Gasteiger partial charge is 0.383 e. The Morgan fingerprint density at radius 1 is 1.38 bits per heavy atom. The quantitative estimate of drug-likeness (QED) is 0.623. The van der Waals surface area contributed by atoms with Gasteiger partial charge in [0.25, 0.3) is 10.2 Å². The lowest BCUT2D eigenvalue weighted by Gasteiger charge is -2.15. The Morgan fingerprint density at radius 3 is 2.54 bits per heavy atom. The topological polar surface area (TPSA) is 58.6 Å². The van der Waals surface area contributed by atoms with E-state index in [-0.39, 0.29) is 0 Å². The molecule has 0 unspecified atom stereocenters. The minimum atomic E-state index is -3.23. The third-order valence-corrected chi connectivity index (χ3v) is 3.61. The first-order chi connectivity index (χ1) is 6.17. The van der Waals surface area contributed by atoms with Crippen LogP contribution in [0, 0.1) is 0 Å². The second-order valence-electron chi connectivity index (χ2n) is 3.00. The van der Waals surface area contributed by atoms with Crippen LogP contribution in [-0.4, -0.2) is 46.1 Å². The Bertz CT molecular complexity index is 234. The number of rotatable bonds is 5. The highest BCUT2D eigenvalue weighted by Crippen LogP contribution is 2.10. The van der Waals surface area contributed by atoms with E-state index in [1.54, 1.807) is 7.11 Å². The zero-order valence-electron chi connectivity index (χ0n) is 7.82. The number of hydrogen-bond acceptors (Lipinski definition) is 3. The van der Waals surface area contributed by atoms with E-state index in [0.29, 0.717) is 26.2 Å². The van der Waals surface area contributed by atoms with E-state index in [2.05, 4.69) is 4.72 Å². The second kappa shape index (κ2) is 4.90. The lowest BCUT2D eigenvalue weighted by molar-refractivity contribution is 0.204. The summed E-state index contributed by atoms with van der Waals surface area (Å²) in [7, 11) is -1.68. The molecule has 0 aromatic carbocycles. The van der Waals surface area contributed by atoms with Crippen molar-refractivity contribution >= 4 is 10.2 Å². The van der Waals surface area contributed by atoms with E-state index < -0.39 is 10.2 Å². The molecule has 0 radical (unpaired) electrons. The second-order valence-corrected chi connectivity index (χ2v) is 4.75. The fraction of sp³-hybridized carbons (Fsp3) is 1.00. The van der Waals surface area contributed by atoms with Gasteiger partial charge < -0.3 is 4.74 Å². The molecular formula is C7H16N2O3S. The minimum Gasteiger partial charge on any atom is -0.383 e. The monoisotopic (exact) mass is 208 g/mol. The van der Waals surface area contributed by atoms with Crippen LogP contribution in [0.4, 0.5) is 0 Å². The van der Waals surface area contributed by atoms with E-state index in [4.69, 9.17) is 4.74 Å². The third-order valence-electron chi connectivity index (χ3n) is 2.00. The van der Waals surface area contributed by atoms with Crippen molar-refractivity contribution in [2.24, 2.45) is 0 Å². The molecule has 1 saturated heterocycles. The SMILES string of the molecule is COCCNS(=O)(=O)N1CCCC1. The summed E-state index contributed by atoms with van der Waals surface area (Å²) in [6.45, 7) is 2.03. The smallest absolute Gasteiger partial charge is 0.279 e. The summed E-state index contributed by atoms with van der Waals surface area (Å²) < 4.78 is 31.6. The van der Waals surface area contributed by atoms with Crippen LogP contribution in [0.1, 0.15) is 12.8 Å². The summed E-state index contributed by atoms with van der Waals surface area (Å²) >= 11 is 0. The van der Waals surface area contributed by atoms with Gasteiger partial charge in [0, 0.05) is 26.7 Å². The Morgan fingerprint density at radius 2 is 2.00 bits per heavy atom. The first kappa shape index (κ1) is 10.9. The lowest BCUT2D eigenvalue weighted by Crippen LogP contribution is -2.40. The van der Waals surface area contributed by atoms with Crippen molar-refractivity contribution < 1.29 is 13.2 Å². The Kier molecular flexibility index (Phi) is 4.11. The summed E-state index contributed by atoms with van der Waals surface area (Å²) in [4.78, 5) is 0.